The molecule has 0 radical (unpaired) electrons. The summed E-state index contributed by atoms with van der Waals surface area (Å²) in [4.78, 5) is 22.9. The monoisotopic (exact) mass is 184 g/mol. The molecule has 13 heavy (non-hydrogen) atoms. The molecule has 1 N–H and O–H groups in total. The molecule has 1 heterocycles. The van der Waals surface area contributed by atoms with Crippen LogP contribution in [0.1, 0.15) is 0 Å². The van der Waals surface area contributed by atoms with Gasteiger partial charge in [-0.05, 0) is 6.07 Å². The number of nitro groups is 2. The maximum Gasteiger partial charge on any atom is 0.287 e. The van der Waals surface area contributed by atoms with Crippen molar-refractivity contribution < 1.29 is 9.96 Å². The van der Waals surface area contributed by atoms with Crippen LogP contribution < -0.4 is 5.43 Å². The number of hydrogen-bond donors (Lipinski definition) is 1. The highest BCUT2D eigenvalue weighted by molar-refractivity contribution is 5.38. The molecule has 1 rings (SSSR count). The van der Waals surface area contributed by atoms with Crippen molar-refractivity contribution in [1.29, 1.82) is 0 Å². The molecule has 68 valence electrons. The fourth-order valence-corrected chi connectivity index (χ4v) is 0.654. The Morgan fingerprint density at radius 1 is 1.31 bits per heavy atom. The van der Waals surface area contributed by atoms with E-state index in [9.17, 15) is 20.2 Å². The Morgan fingerprint density at radius 3 is 2.38 bits per heavy atom. The normalized spacial score (nSPS) is 9.23. The summed E-state index contributed by atoms with van der Waals surface area (Å²) in [6.45, 7) is 0. The average Bonchev–Trinajstić information content (AvgIpc) is 2.04. The predicted octanol–water partition coefficient (Wildman–Crippen LogP) is 0.593. The van der Waals surface area contributed by atoms with E-state index in [1.165, 1.54) is 0 Å². The topological polar surface area (TPSA) is 111 Å². The molecule has 0 spiro atoms. The molecule has 1 aromatic rings. The standard InChI is InChI=1S/C5H4N4O4/c10-8(11)4-1-2-5(6-3-4)7-9(12)13/h1-3H,(H,6,7). The first-order valence-electron chi connectivity index (χ1n) is 3.11. The van der Waals surface area contributed by atoms with Crippen LogP contribution in [0.25, 0.3) is 0 Å². The van der Waals surface area contributed by atoms with Crippen LogP contribution in [0, 0.1) is 20.2 Å². The van der Waals surface area contributed by atoms with Crippen LogP contribution >= 0.6 is 0 Å². The minimum Gasteiger partial charge on any atom is -0.258 e. The average molecular weight is 184 g/mol. The molecule has 0 aromatic carbocycles. The van der Waals surface area contributed by atoms with Gasteiger partial charge in [-0.25, -0.2) is 15.1 Å². The number of pyridine rings is 1. The maximum absolute atomic E-state index is 10.1. The first kappa shape index (κ1) is 8.84. The summed E-state index contributed by atoms with van der Waals surface area (Å²) in [6, 6.07) is 2.28. The third kappa shape index (κ3) is 2.36. The molecule has 0 unspecified atom stereocenters. The van der Waals surface area contributed by atoms with Crippen molar-refractivity contribution in [1.82, 2.24) is 4.98 Å². The van der Waals surface area contributed by atoms with Crippen molar-refractivity contribution in [2.24, 2.45) is 0 Å². The fourth-order valence-electron chi connectivity index (χ4n) is 0.654. The Labute approximate surface area is 71.5 Å². The highest BCUT2D eigenvalue weighted by Gasteiger charge is 2.06. The minimum absolute atomic E-state index is 0.0457. The van der Waals surface area contributed by atoms with Crippen molar-refractivity contribution in [2.75, 3.05) is 5.43 Å². The lowest BCUT2D eigenvalue weighted by Crippen LogP contribution is -2.08. The third-order valence-electron chi connectivity index (χ3n) is 1.16. The van der Waals surface area contributed by atoms with Gasteiger partial charge in [0.05, 0.1) is 4.92 Å². The summed E-state index contributed by atoms with van der Waals surface area (Å²) in [5, 5.41) is 19.3. The fraction of sp³-hybridized carbons (Fsp3) is 0. The van der Waals surface area contributed by atoms with E-state index in [0.717, 1.165) is 18.3 Å². The predicted molar refractivity (Wildman–Crippen MR) is 41.5 cm³/mol. The second-order valence-corrected chi connectivity index (χ2v) is 2.03. The number of nitrogens with zero attached hydrogens (tertiary/aromatic N) is 3. The molecule has 1 aromatic heterocycles. The van der Waals surface area contributed by atoms with Crippen LogP contribution in [0.3, 0.4) is 0 Å². The first-order valence-corrected chi connectivity index (χ1v) is 3.11. The van der Waals surface area contributed by atoms with Crippen LogP contribution in [0.2, 0.25) is 0 Å². The maximum atomic E-state index is 10.1. The zero-order chi connectivity index (χ0) is 9.84. The SMILES string of the molecule is O=[N+]([O-])Nc1ccc([N+](=O)[O-])cn1. The van der Waals surface area contributed by atoms with Gasteiger partial charge in [-0.2, -0.15) is 0 Å². The van der Waals surface area contributed by atoms with Crippen molar-refractivity contribution in [3.05, 3.63) is 38.6 Å². The zero-order valence-corrected chi connectivity index (χ0v) is 6.21. The number of hydrogen-bond acceptors (Lipinski definition) is 5. The van der Waals surface area contributed by atoms with Crippen LogP contribution in [-0.2, 0) is 0 Å². The minimum atomic E-state index is -0.797. The number of rotatable bonds is 3. The van der Waals surface area contributed by atoms with Crippen molar-refractivity contribution in [2.45, 2.75) is 0 Å². The molecule has 0 saturated heterocycles. The molecule has 0 aliphatic heterocycles. The van der Waals surface area contributed by atoms with Gasteiger partial charge in [0.15, 0.2) is 10.9 Å². The molecule has 0 aliphatic rings. The zero-order valence-electron chi connectivity index (χ0n) is 6.21. The summed E-state index contributed by atoms with van der Waals surface area (Å²) in [5.41, 5.74) is 1.55. The highest BCUT2D eigenvalue weighted by atomic mass is 16.7. The van der Waals surface area contributed by atoms with Crippen LogP contribution in [-0.4, -0.2) is 14.9 Å². The van der Waals surface area contributed by atoms with E-state index in [-0.39, 0.29) is 11.5 Å². The Hall–Kier alpha value is -2.25. The first-order chi connectivity index (χ1) is 6.09. The molecular weight excluding hydrogens is 180 g/mol. The van der Waals surface area contributed by atoms with E-state index in [4.69, 9.17) is 0 Å². The summed E-state index contributed by atoms with van der Waals surface area (Å²) in [7, 11) is 0. The summed E-state index contributed by atoms with van der Waals surface area (Å²) < 4.78 is 0. The van der Waals surface area contributed by atoms with Gasteiger partial charge in [0.25, 0.3) is 5.69 Å². The lowest BCUT2D eigenvalue weighted by atomic mass is 10.4. The van der Waals surface area contributed by atoms with E-state index < -0.39 is 9.96 Å². The molecule has 0 bridgehead atoms. The van der Waals surface area contributed by atoms with E-state index in [1.807, 2.05) is 0 Å². The molecule has 0 fully saturated rings. The molecule has 0 aliphatic carbocycles. The van der Waals surface area contributed by atoms with E-state index in [0.29, 0.717) is 0 Å². The smallest absolute Gasteiger partial charge is 0.258 e. The number of nitrogens with one attached hydrogen (secondary N) is 1. The van der Waals surface area contributed by atoms with Crippen LogP contribution in [0.4, 0.5) is 11.5 Å². The molecular formula is C5H4N4O4. The Morgan fingerprint density at radius 2 is 2.00 bits per heavy atom. The number of aromatic nitrogens is 1. The lowest BCUT2D eigenvalue weighted by molar-refractivity contribution is -0.445. The van der Waals surface area contributed by atoms with Crippen LogP contribution in [0.15, 0.2) is 18.3 Å². The van der Waals surface area contributed by atoms with Gasteiger partial charge >= 0.3 is 0 Å². The largest absolute Gasteiger partial charge is 0.287 e. The van der Waals surface area contributed by atoms with Gasteiger partial charge in [0.1, 0.15) is 6.20 Å². The van der Waals surface area contributed by atoms with Gasteiger partial charge < -0.3 is 0 Å². The van der Waals surface area contributed by atoms with Gasteiger partial charge in [-0.15, -0.1) is 0 Å². The van der Waals surface area contributed by atoms with Gasteiger partial charge in [-0.1, -0.05) is 5.43 Å². The molecule has 8 heteroatoms. The van der Waals surface area contributed by atoms with Crippen molar-refractivity contribution in [3.8, 4) is 0 Å². The number of hydrazine groups is 1. The molecule has 0 amide bonds. The van der Waals surface area contributed by atoms with Gasteiger partial charge in [0, 0.05) is 6.07 Å². The summed E-state index contributed by atoms with van der Waals surface area (Å²) in [5.74, 6) is -0.0457. The quantitative estimate of drug-likeness (QED) is 0.543. The molecule has 0 saturated carbocycles. The second-order valence-electron chi connectivity index (χ2n) is 2.03. The molecule has 0 atom stereocenters. The van der Waals surface area contributed by atoms with Crippen molar-refractivity contribution >= 4 is 11.5 Å². The van der Waals surface area contributed by atoms with Crippen molar-refractivity contribution in [3.63, 3.8) is 0 Å². The molecule has 8 nitrogen and oxygen atoms in total. The second kappa shape index (κ2) is 3.43. The Bertz CT molecular complexity index is 335. The van der Waals surface area contributed by atoms with E-state index in [2.05, 4.69) is 4.98 Å². The number of anilines is 1. The van der Waals surface area contributed by atoms with E-state index >= 15 is 0 Å². The highest BCUT2D eigenvalue weighted by Crippen LogP contribution is 2.11. The Kier molecular flexibility index (Phi) is 2.33. The summed E-state index contributed by atoms with van der Waals surface area (Å²) in [6.07, 6.45) is 0.936. The van der Waals surface area contributed by atoms with Crippen LogP contribution in [0.5, 0.6) is 0 Å². The lowest BCUT2D eigenvalue weighted by Gasteiger charge is -1.94. The van der Waals surface area contributed by atoms with Gasteiger partial charge in [0.2, 0.25) is 0 Å². The third-order valence-corrected chi connectivity index (χ3v) is 1.16. The summed E-state index contributed by atoms with van der Waals surface area (Å²) >= 11 is 0. The Balaban J connectivity index is 2.81. The van der Waals surface area contributed by atoms with Gasteiger partial charge in [-0.3, -0.25) is 10.1 Å². The van der Waals surface area contributed by atoms with E-state index in [1.54, 1.807) is 5.43 Å².